The highest BCUT2D eigenvalue weighted by Crippen LogP contribution is 2.50. The van der Waals surface area contributed by atoms with Crippen molar-refractivity contribution in [3.63, 3.8) is 0 Å². The summed E-state index contributed by atoms with van der Waals surface area (Å²) in [6.07, 6.45) is 3.40. The van der Waals surface area contributed by atoms with E-state index in [1.54, 1.807) is 0 Å². The normalized spacial score (nSPS) is 37.1. The van der Waals surface area contributed by atoms with E-state index in [2.05, 4.69) is 5.32 Å². The molecule has 0 radical (unpaired) electrons. The third-order valence-electron chi connectivity index (χ3n) is 4.23. The molecule has 0 aromatic heterocycles. The van der Waals surface area contributed by atoms with Gasteiger partial charge >= 0.3 is 11.9 Å². The summed E-state index contributed by atoms with van der Waals surface area (Å²) < 4.78 is 10.7. The third kappa shape index (κ3) is 1.47. The zero-order valence-corrected chi connectivity index (χ0v) is 10.6. The van der Waals surface area contributed by atoms with Gasteiger partial charge in [0, 0.05) is 12.2 Å². The minimum Gasteiger partial charge on any atom is -0.393 e. The Hall–Kier alpha value is -2.14. The van der Waals surface area contributed by atoms with Crippen LogP contribution in [0.25, 0.3) is 0 Å². The van der Waals surface area contributed by atoms with Crippen LogP contribution in [-0.2, 0) is 19.1 Å². The second kappa shape index (κ2) is 3.93. The highest BCUT2D eigenvalue weighted by Gasteiger charge is 2.66. The minimum absolute atomic E-state index is 0.337. The lowest BCUT2D eigenvalue weighted by Crippen LogP contribution is -2.43. The van der Waals surface area contributed by atoms with Crippen molar-refractivity contribution in [2.45, 2.75) is 11.7 Å². The third-order valence-corrected chi connectivity index (χ3v) is 4.23. The van der Waals surface area contributed by atoms with Gasteiger partial charge in [0.2, 0.25) is 0 Å². The van der Waals surface area contributed by atoms with E-state index < -0.39 is 29.4 Å². The Kier molecular flexibility index (Phi) is 2.29. The van der Waals surface area contributed by atoms with E-state index in [0.717, 1.165) is 5.69 Å². The molecular weight excluding hydrogens is 258 g/mol. The van der Waals surface area contributed by atoms with Gasteiger partial charge in [0.25, 0.3) is 0 Å². The van der Waals surface area contributed by atoms with E-state index in [9.17, 15) is 9.59 Å². The zero-order valence-electron chi connectivity index (χ0n) is 10.6. The maximum atomic E-state index is 11.9. The second-order valence-electron chi connectivity index (χ2n) is 5.36. The fourth-order valence-corrected chi connectivity index (χ4v) is 3.31. The lowest BCUT2D eigenvalue weighted by atomic mass is 9.77. The lowest BCUT2D eigenvalue weighted by molar-refractivity contribution is -0.158. The van der Waals surface area contributed by atoms with Crippen molar-refractivity contribution in [2.75, 3.05) is 11.9 Å². The second-order valence-corrected chi connectivity index (χ2v) is 5.36. The van der Waals surface area contributed by atoms with Gasteiger partial charge in [-0.1, -0.05) is 30.4 Å². The van der Waals surface area contributed by atoms with Gasteiger partial charge in [-0.15, -0.1) is 0 Å². The Morgan fingerprint density at radius 2 is 1.95 bits per heavy atom. The number of hydrogen-bond acceptors (Lipinski definition) is 5. The fraction of sp³-hybridized carbons (Fsp3) is 0.333. The Labute approximate surface area is 115 Å². The van der Waals surface area contributed by atoms with Crippen LogP contribution < -0.4 is 5.32 Å². The molecule has 0 unspecified atom stereocenters. The quantitative estimate of drug-likeness (QED) is 0.507. The van der Waals surface area contributed by atoms with E-state index in [1.165, 1.54) is 0 Å². The summed E-state index contributed by atoms with van der Waals surface area (Å²) in [5.74, 6) is -1.94. The molecule has 20 heavy (non-hydrogen) atoms. The molecule has 2 fully saturated rings. The molecule has 4 atom stereocenters. The summed E-state index contributed by atoms with van der Waals surface area (Å²) in [5.41, 5.74) is 0.178. The molecule has 0 spiro atoms. The number of ether oxygens (including phenoxy) is 2. The van der Waals surface area contributed by atoms with Gasteiger partial charge in [-0.3, -0.25) is 9.59 Å². The maximum absolute atomic E-state index is 11.9. The molecule has 3 heterocycles. The topological polar surface area (TPSA) is 64.6 Å². The molecule has 1 aromatic rings. The molecule has 4 rings (SSSR count). The number of fused-ring (bicyclic) bond motifs is 5. The molecule has 2 saturated heterocycles. The number of anilines is 1. The highest BCUT2D eigenvalue weighted by molar-refractivity contribution is 5.99. The van der Waals surface area contributed by atoms with Gasteiger partial charge in [0.15, 0.2) is 0 Å². The molecule has 3 aliphatic heterocycles. The van der Waals surface area contributed by atoms with Crippen LogP contribution in [0, 0.1) is 11.8 Å². The smallest absolute Gasteiger partial charge is 0.320 e. The number of para-hydroxylation sites is 1. The molecule has 1 N–H and O–H groups in total. The standard InChI is InChI=1S/C15H13NO4/c17-13-11-10-6-7-15(20-10,12(11)14(18)19-13)8-16-9-4-2-1-3-5-9/h1-7,10-12,16H,8H2/t10-,11+,12+,15+/m1/s1. The highest BCUT2D eigenvalue weighted by atomic mass is 16.6. The lowest BCUT2D eigenvalue weighted by Gasteiger charge is -2.27. The molecule has 0 saturated carbocycles. The van der Waals surface area contributed by atoms with Crippen LogP contribution in [0.3, 0.4) is 0 Å². The van der Waals surface area contributed by atoms with Crippen molar-refractivity contribution < 1.29 is 19.1 Å². The van der Waals surface area contributed by atoms with Crippen molar-refractivity contribution in [3.8, 4) is 0 Å². The van der Waals surface area contributed by atoms with Crippen molar-refractivity contribution in [2.24, 2.45) is 11.8 Å². The fourth-order valence-electron chi connectivity index (χ4n) is 3.31. The largest absolute Gasteiger partial charge is 0.393 e. The first-order valence-electron chi connectivity index (χ1n) is 6.61. The maximum Gasteiger partial charge on any atom is 0.320 e. The van der Waals surface area contributed by atoms with Crippen molar-refractivity contribution >= 4 is 17.6 Å². The number of hydrogen-bond donors (Lipinski definition) is 1. The van der Waals surface area contributed by atoms with Crippen LogP contribution in [0.15, 0.2) is 42.5 Å². The van der Waals surface area contributed by atoms with Crippen molar-refractivity contribution in [3.05, 3.63) is 42.5 Å². The molecular formula is C15H13NO4. The van der Waals surface area contributed by atoms with Gasteiger partial charge in [-0.2, -0.15) is 0 Å². The number of carbonyl (C=O) groups excluding carboxylic acids is 2. The molecule has 0 aliphatic carbocycles. The van der Waals surface area contributed by atoms with Gasteiger partial charge in [-0.05, 0) is 12.1 Å². The van der Waals surface area contributed by atoms with Crippen LogP contribution in [0.5, 0.6) is 0 Å². The molecule has 102 valence electrons. The summed E-state index contributed by atoms with van der Waals surface area (Å²) in [6.45, 7) is 0.438. The summed E-state index contributed by atoms with van der Waals surface area (Å²) in [5, 5.41) is 3.26. The Balaban J connectivity index is 1.60. The molecule has 0 amide bonds. The Morgan fingerprint density at radius 3 is 2.75 bits per heavy atom. The average Bonchev–Trinajstić information content (AvgIpc) is 3.10. The van der Waals surface area contributed by atoms with E-state index in [-0.39, 0.29) is 6.10 Å². The number of benzene rings is 1. The molecule has 3 aliphatic rings. The van der Waals surface area contributed by atoms with E-state index in [4.69, 9.17) is 9.47 Å². The molecule has 5 heteroatoms. The number of esters is 2. The summed E-state index contributed by atoms with van der Waals surface area (Å²) in [7, 11) is 0. The number of cyclic esters (lactones) is 2. The number of carbonyl (C=O) groups is 2. The van der Waals surface area contributed by atoms with Crippen LogP contribution in [-0.4, -0.2) is 30.2 Å². The molecule has 5 nitrogen and oxygen atoms in total. The molecule has 1 aromatic carbocycles. The SMILES string of the molecule is O=C1OC(=O)[C@@H]2[C@@H]1[C@H]1C=C[C@@]2(CNc2ccccc2)O1. The van der Waals surface area contributed by atoms with E-state index >= 15 is 0 Å². The number of rotatable bonds is 3. The Bertz CT molecular complexity index is 612. The summed E-state index contributed by atoms with van der Waals surface area (Å²) >= 11 is 0. The van der Waals surface area contributed by atoms with Gasteiger partial charge in [0.1, 0.15) is 17.4 Å². The predicted molar refractivity (Wildman–Crippen MR) is 69.8 cm³/mol. The first kappa shape index (κ1) is 11.7. The van der Waals surface area contributed by atoms with E-state index in [1.807, 2.05) is 42.5 Å². The van der Waals surface area contributed by atoms with Crippen LogP contribution >= 0.6 is 0 Å². The van der Waals surface area contributed by atoms with E-state index in [0.29, 0.717) is 6.54 Å². The van der Waals surface area contributed by atoms with Gasteiger partial charge in [-0.25, -0.2) is 0 Å². The summed E-state index contributed by atoms with van der Waals surface area (Å²) in [4.78, 5) is 23.6. The van der Waals surface area contributed by atoms with Gasteiger partial charge < -0.3 is 14.8 Å². The van der Waals surface area contributed by atoms with Crippen LogP contribution in [0.4, 0.5) is 5.69 Å². The monoisotopic (exact) mass is 271 g/mol. The molecule has 2 bridgehead atoms. The predicted octanol–water partition coefficient (Wildman–Crippen LogP) is 1.12. The van der Waals surface area contributed by atoms with Crippen LogP contribution in [0.1, 0.15) is 0 Å². The average molecular weight is 271 g/mol. The Morgan fingerprint density at radius 1 is 1.15 bits per heavy atom. The number of nitrogens with one attached hydrogen (secondary N) is 1. The first-order valence-corrected chi connectivity index (χ1v) is 6.61. The summed E-state index contributed by atoms with van der Waals surface area (Å²) in [6, 6.07) is 9.68. The zero-order chi connectivity index (χ0) is 13.7. The van der Waals surface area contributed by atoms with Crippen molar-refractivity contribution in [1.29, 1.82) is 0 Å². The van der Waals surface area contributed by atoms with Gasteiger partial charge in [0.05, 0.1) is 6.10 Å². The van der Waals surface area contributed by atoms with Crippen LogP contribution in [0.2, 0.25) is 0 Å². The first-order chi connectivity index (χ1) is 9.70. The minimum atomic E-state index is -0.769. The van der Waals surface area contributed by atoms with Crippen molar-refractivity contribution in [1.82, 2.24) is 0 Å².